The van der Waals surface area contributed by atoms with E-state index in [1.807, 2.05) is 0 Å². The first-order valence-electron chi connectivity index (χ1n) is 4.53. The number of hydrogen-bond donors (Lipinski definition) is 0. The molecule has 0 aromatic carbocycles. The molecule has 0 atom stereocenters. The summed E-state index contributed by atoms with van der Waals surface area (Å²) in [4.78, 5) is 0. The summed E-state index contributed by atoms with van der Waals surface area (Å²) in [6.07, 6.45) is 1.16. The van der Waals surface area contributed by atoms with Crippen molar-refractivity contribution in [3.63, 3.8) is 0 Å². The molecule has 0 unspecified atom stereocenters. The molecule has 0 aliphatic heterocycles. The van der Waals surface area contributed by atoms with E-state index in [2.05, 4.69) is 52.0 Å². The summed E-state index contributed by atoms with van der Waals surface area (Å²) in [6.45, 7) is 11.4. The Labute approximate surface area is 109 Å². The molecule has 0 nitrogen and oxygen atoms in total. The smallest absolute Gasteiger partial charge is 1.00 e. The Hall–Kier alpha value is 0.644. The SMILES string of the molecule is CCC1=[C]([V+2])C(C)(C)C(C)=C1C.[Cl-].[Cl-]. The van der Waals surface area contributed by atoms with Gasteiger partial charge in [0.1, 0.15) is 0 Å². The van der Waals surface area contributed by atoms with Gasteiger partial charge in [-0.2, -0.15) is 0 Å². The van der Waals surface area contributed by atoms with Gasteiger partial charge in [-0.25, -0.2) is 0 Å². The maximum absolute atomic E-state index is 2.75. The molecule has 1 rings (SSSR count). The van der Waals surface area contributed by atoms with Crippen LogP contribution in [0.25, 0.3) is 0 Å². The summed E-state index contributed by atoms with van der Waals surface area (Å²) in [5.41, 5.74) is 4.89. The predicted octanol–water partition coefficient (Wildman–Crippen LogP) is -2.42. The number of halogens is 2. The summed E-state index contributed by atoms with van der Waals surface area (Å²) >= 11 is 2.75. The zero-order chi connectivity index (χ0) is 9.52. The van der Waals surface area contributed by atoms with Gasteiger partial charge in [-0.05, 0) is 0 Å². The minimum Gasteiger partial charge on any atom is -1.00 e. The predicted molar refractivity (Wildman–Crippen MR) is 49.5 cm³/mol. The van der Waals surface area contributed by atoms with E-state index >= 15 is 0 Å². The van der Waals surface area contributed by atoms with Crippen molar-refractivity contribution < 1.29 is 42.2 Å². The summed E-state index contributed by atoms with van der Waals surface area (Å²) in [5, 5.41) is 0. The van der Waals surface area contributed by atoms with E-state index in [9.17, 15) is 0 Å². The summed E-state index contributed by atoms with van der Waals surface area (Å²) in [5.74, 6) is 0. The van der Waals surface area contributed by atoms with Gasteiger partial charge >= 0.3 is 84.9 Å². The molecule has 0 spiro atoms. The van der Waals surface area contributed by atoms with Crippen molar-refractivity contribution in [1.29, 1.82) is 0 Å². The van der Waals surface area contributed by atoms with E-state index < -0.39 is 0 Å². The fourth-order valence-corrected chi connectivity index (χ4v) is 2.63. The minimum atomic E-state index is 0. The quantitative estimate of drug-likeness (QED) is 0.498. The Morgan fingerprint density at radius 1 is 1.14 bits per heavy atom. The molecule has 14 heavy (non-hydrogen) atoms. The standard InChI is InChI=1S/C11H17.2ClH.V/c1-6-10-7-11(4,5)9(3)8(10)2;;;/h6H2,1-5H3;2*1H;/q;;;+2/p-2. The maximum atomic E-state index is 2.75. The number of hydrogen-bond acceptors (Lipinski definition) is 0. The van der Waals surface area contributed by atoms with Crippen LogP contribution in [-0.4, -0.2) is 0 Å². The van der Waals surface area contributed by atoms with E-state index in [1.165, 1.54) is 15.4 Å². The van der Waals surface area contributed by atoms with Crippen LogP contribution in [0, 0.1) is 5.41 Å². The van der Waals surface area contributed by atoms with E-state index in [4.69, 9.17) is 0 Å². The molecule has 0 radical (unpaired) electrons. The molecular formula is C11H17Cl2V. The van der Waals surface area contributed by atoms with Crippen LogP contribution in [0.3, 0.4) is 0 Å². The number of allylic oxidation sites excluding steroid dienone is 4. The van der Waals surface area contributed by atoms with E-state index in [1.54, 1.807) is 5.57 Å². The molecule has 0 saturated heterocycles. The Bertz CT molecular complexity index is 275. The van der Waals surface area contributed by atoms with Crippen molar-refractivity contribution >= 4 is 0 Å². The molecule has 0 amide bonds. The summed E-state index contributed by atoms with van der Waals surface area (Å²) in [7, 11) is 0. The second-order valence-corrected chi connectivity index (χ2v) is 4.75. The molecule has 3 heteroatoms. The van der Waals surface area contributed by atoms with Gasteiger partial charge < -0.3 is 24.8 Å². The van der Waals surface area contributed by atoms with Gasteiger partial charge in [-0.15, -0.1) is 0 Å². The van der Waals surface area contributed by atoms with Crippen molar-refractivity contribution in [3.8, 4) is 0 Å². The average Bonchev–Trinajstić information content (AvgIpc) is 2.15. The van der Waals surface area contributed by atoms with Gasteiger partial charge in [0.05, 0.1) is 0 Å². The summed E-state index contributed by atoms with van der Waals surface area (Å²) in [6, 6.07) is 0. The van der Waals surface area contributed by atoms with Crippen molar-refractivity contribution in [3.05, 3.63) is 21.0 Å². The van der Waals surface area contributed by atoms with Gasteiger partial charge in [0.25, 0.3) is 0 Å². The van der Waals surface area contributed by atoms with E-state index in [-0.39, 0.29) is 30.2 Å². The van der Waals surface area contributed by atoms with Crippen LogP contribution in [0.2, 0.25) is 0 Å². The molecule has 0 fully saturated rings. The van der Waals surface area contributed by atoms with Crippen LogP contribution in [0.1, 0.15) is 41.0 Å². The Kier molecular flexibility index (Phi) is 6.89. The van der Waals surface area contributed by atoms with Crippen LogP contribution in [0.5, 0.6) is 0 Å². The number of rotatable bonds is 1. The van der Waals surface area contributed by atoms with Gasteiger partial charge in [-0.1, -0.05) is 0 Å². The first kappa shape index (κ1) is 17.1. The largest absolute Gasteiger partial charge is 1.00 e. The second kappa shape index (κ2) is 5.65. The first-order valence-corrected chi connectivity index (χ1v) is 5.23. The molecule has 0 bridgehead atoms. The second-order valence-electron chi connectivity index (χ2n) is 4.06. The molecule has 1 aliphatic carbocycles. The van der Waals surface area contributed by atoms with Crippen LogP contribution in [0.15, 0.2) is 21.0 Å². The van der Waals surface area contributed by atoms with Gasteiger partial charge in [-0.3, -0.25) is 0 Å². The zero-order valence-electron chi connectivity index (χ0n) is 9.41. The fourth-order valence-electron chi connectivity index (χ4n) is 1.86. The normalized spacial score (nSPS) is 19.1. The summed E-state index contributed by atoms with van der Waals surface area (Å²) < 4.78 is 1.51. The molecule has 0 saturated carbocycles. The first-order chi connectivity index (χ1) is 5.42. The third-order valence-corrected chi connectivity index (χ3v) is 4.48. The third kappa shape index (κ3) is 2.42. The molecule has 0 heterocycles. The molecule has 0 aromatic heterocycles. The Morgan fingerprint density at radius 2 is 1.57 bits per heavy atom. The zero-order valence-corrected chi connectivity index (χ0v) is 12.3. The minimum absolute atomic E-state index is 0. The van der Waals surface area contributed by atoms with Crippen molar-refractivity contribution in [2.24, 2.45) is 5.41 Å². The molecule has 1 aliphatic rings. The van der Waals surface area contributed by atoms with Crippen molar-refractivity contribution in [2.45, 2.75) is 41.0 Å². The molecule has 0 N–H and O–H groups in total. The third-order valence-electron chi connectivity index (χ3n) is 3.18. The fraction of sp³-hybridized carbons (Fsp3) is 0.636. The average molecular weight is 271 g/mol. The Morgan fingerprint density at radius 3 is 1.71 bits per heavy atom. The van der Waals surface area contributed by atoms with Gasteiger partial charge in [0.15, 0.2) is 0 Å². The molecule has 80 valence electrons. The van der Waals surface area contributed by atoms with Crippen molar-refractivity contribution in [1.82, 2.24) is 0 Å². The van der Waals surface area contributed by atoms with Crippen LogP contribution < -0.4 is 24.8 Å². The maximum Gasteiger partial charge on any atom is -1.00 e. The topological polar surface area (TPSA) is 0 Å². The van der Waals surface area contributed by atoms with Crippen molar-refractivity contribution in [2.75, 3.05) is 0 Å². The van der Waals surface area contributed by atoms with Gasteiger partial charge in [0.2, 0.25) is 0 Å². The van der Waals surface area contributed by atoms with E-state index in [0.29, 0.717) is 0 Å². The van der Waals surface area contributed by atoms with Crippen LogP contribution in [0.4, 0.5) is 0 Å². The molecule has 0 aromatic rings. The molecular weight excluding hydrogens is 254 g/mol. The monoisotopic (exact) mass is 270 g/mol. The Balaban J connectivity index is 0. The van der Waals surface area contributed by atoms with Crippen LogP contribution >= 0.6 is 0 Å². The van der Waals surface area contributed by atoms with Gasteiger partial charge in [0, 0.05) is 0 Å². The van der Waals surface area contributed by atoms with E-state index in [0.717, 1.165) is 6.42 Å². The van der Waals surface area contributed by atoms with Crippen LogP contribution in [-0.2, 0) is 17.4 Å².